The topological polar surface area (TPSA) is 55.8 Å². The molecule has 1 saturated heterocycles. The van der Waals surface area contributed by atoms with Crippen molar-refractivity contribution in [3.05, 3.63) is 78.4 Å². The van der Waals surface area contributed by atoms with Gasteiger partial charge in [-0.25, -0.2) is 4.79 Å². The van der Waals surface area contributed by atoms with Gasteiger partial charge in [-0.3, -0.25) is 0 Å². The lowest BCUT2D eigenvalue weighted by molar-refractivity contribution is -0.0749. The number of nitrogens with one attached hydrogen (secondary N) is 1. The molecule has 0 aliphatic carbocycles. The molecule has 4 rings (SSSR count). The van der Waals surface area contributed by atoms with Crippen molar-refractivity contribution in [3.8, 4) is 0 Å². The maximum Gasteiger partial charge on any atom is 0.321 e. The summed E-state index contributed by atoms with van der Waals surface area (Å²) < 4.78 is 0. The van der Waals surface area contributed by atoms with E-state index >= 15 is 0 Å². The van der Waals surface area contributed by atoms with E-state index in [1.54, 1.807) is 0 Å². The van der Waals surface area contributed by atoms with Crippen LogP contribution in [0.5, 0.6) is 0 Å². The van der Waals surface area contributed by atoms with E-state index in [1.807, 2.05) is 85.7 Å². The first-order chi connectivity index (χ1) is 14.5. The van der Waals surface area contributed by atoms with E-state index in [-0.39, 0.29) is 11.9 Å². The highest BCUT2D eigenvalue weighted by Gasteiger charge is 2.44. The molecule has 0 aromatic heterocycles. The summed E-state index contributed by atoms with van der Waals surface area (Å²) in [6.45, 7) is 1.71. The van der Waals surface area contributed by atoms with Crippen LogP contribution in [0.3, 0.4) is 0 Å². The predicted molar refractivity (Wildman–Crippen MR) is 122 cm³/mol. The van der Waals surface area contributed by atoms with Crippen LogP contribution in [-0.2, 0) is 5.60 Å². The third-order valence-corrected chi connectivity index (χ3v) is 6.03. The van der Waals surface area contributed by atoms with Gasteiger partial charge in [0.1, 0.15) is 0 Å². The van der Waals surface area contributed by atoms with Crippen LogP contribution in [0.2, 0.25) is 0 Å². The number of piperidine rings is 1. The second-order valence-electron chi connectivity index (χ2n) is 8.44. The molecule has 2 unspecified atom stereocenters. The first kappa shape index (κ1) is 20.4. The summed E-state index contributed by atoms with van der Waals surface area (Å²) in [5.74, 6) is -0.0778. The SMILES string of the molecule is CN(C)CC1CN(C(=O)Nc2ccc3ccccc3c2)CCC1(O)c1ccccc1. The fraction of sp³-hybridized carbons (Fsp3) is 0.320. The minimum atomic E-state index is -0.939. The highest BCUT2D eigenvalue weighted by Crippen LogP contribution is 2.38. The Morgan fingerprint density at radius 3 is 2.50 bits per heavy atom. The first-order valence-corrected chi connectivity index (χ1v) is 10.4. The second kappa shape index (κ2) is 8.46. The first-order valence-electron chi connectivity index (χ1n) is 10.4. The summed E-state index contributed by atoms with van der Waals surface area (Å²) in [4.78, 5) is 16.9. The quantitative estimate of drug-likeness (QED) is 0.688. The van der Waals surface area contributed by atoms with E-state index in [9.17, 15) is 9.90 Å². The van der Waals surface area contributed by atoms with Crippen LogP contribution in [0, 0.1) is 5.92 Å². The molecule has 3 aromatic rings. The number of rotatable bonds is 4. The number of benzene rings is 3. The van der Waals surface area contributed by atoms with Gasteiger partial charge in [0.25, 0.3) is 0 Å². The minimum absolute atomic E-state index is 0.0778. The Labute approximate surface area is 177 Å². The van der Waals surface area contributed by atoms with Crippen molar-refractivity contribution in [1.29, 1.82) is 0 Å². The van der Waals surface area contributed by atoms with Crippen molar-refractivity contribution in [2.24, 2.45) is 5.92 Å². The van der Waals surface area contributed by atoms with Crippen LogP contribution < -0.4 is 5.32 Å². The monoisotopic (exact) mass is 403 g/mol. The zero-order valence-corrected chi connectivity index (χ0v) is 17.6. The summed E-state index contributed by atoms with van der Waals surface area (Å²) in [6.07, 6.45) is 0.515. The zero-order chi connectivity index (χ0) is 21.1. The Morgan fingerprint density at radius 1 is 1.07 bits per heavy atom. The molecule has 0 radical (unpaired) electrons. The molecule has 2 amide bonds. The normalized spacial score (nSPS) is 21.7. The smallest absolute Gasteiger partial charge is 0.321 e. The number of aliphatic hydroxyl groups is 1. The van der Waals surface area contributed by atoms with Gasteiger partial charge in [0, 0.05) is 31.2 Å². The number of fused-ring (bicyclic) bond motifs is 1. The molecule has 1 fully saturated rings. The van der Waals surface area contributed by atoms with Crippen LogP contribution >= 0.6 is 0 Å². The maximum atomic E-state index is 13.0. The van der Waals surface area contributed by atoms with Crippen molar-refractivity contribution in [1.82, 2.24) is 9.80 Å². The van der Waals surface area contributed by atoms with Crippen molar-refractivity contribution in [2.45, 2.75) is 12.0 Å². The number of carbonyl (C=O) groups excluding carboxylic acids is 1. The van der Waals surface area contributed by atoms with Crippen molar-refractivity contribution in [2.75, 3.05) is 39.0 Å². The summed E-state index contributed by atoms with van der Waals surface area (Å²) in [6, 6.07) is 23.8. The van der Waals surface area contributed by atoms with Crippen molar-refractivity contribution >= 4 is 22.5 Å². The Kier molecular flexibility index (Phi) is 5.75. The van der Waals surface area contributed by atoms with Crippen LogP contribution in [0.25, 0.3) is 10.8 Å². The number of amides is 2. The second-order valence-corrected chi connectivity index (χ2v) is 8.44. The Morgan fingerprint density at radius 2 is 1.77 bits per heavy atom. The molecule has 5 nitrogen and oxygen atoms in total. The highest BCUT2D eigenvalue weighted by molar-refractivity contribution is 5.93. The molecular weight excluding hydrogens is 374 g/mol. The van der Waals surface area contributed by atoms with E-state index in [4.69, 9.17) is 0 Å². The van der Waals surface area contributed by atoms with E-state index in [0.29, 0.717) is 26.1 Å². The van der Waals surface area contributed by atoms with Crippen LogP contribution in [0.1, 0.15) is 12.0 Å². The summed E-state index contributed by atoms with van der Waals surface area (Å²) in [7, 11) is 4.00. The Bertz CT molecular complexity index is 1020. The number of urea groups is 1. The summed E-state index contributed by atoms with van der Waals surface area (Å²) >= 11 is 0. The van der Waals surface area contributed by atoms with E-state index in [2.05, 4.69) is 16.3 Å². The van der Waals surface area contributed by atoms with Crippen LogP contribution in [0.15, 0.2) is 72.8 Å². The van der Waals surface area contributed by atoms with Gasteiger partial charge in [-0.15, -0.1) is 0 Å². The van der Waals surface area contributed by atoms with Crippen molar-refractivity contribution in [3.63, 3.8) is 0 Å². The van der Waals surface area contributed by atoms with Gasteiger partial charge < -0.3 is 20.2 Å². The standard InChI is InChI=1S/C25H29N3O2/c1-27(2)17-22-18-28(15-14-25(22,30)21-10-4-3-5-11-21)24(29)26-23-13-12-19-8-6-7-9-20(19)16-23/h3-13,16,22,30H,14-15,17-18H2,1-2H3,(H,26,29). The molecular formula is C25H29N3O2. The number of likely N-dealkylation sites (tertiary alicyclic amines) is 1. The molecule has 2 N–H and O–H groups in total. The molecule has 156 valence electrons. The summed E-state index contributed by atoms with van der Waals surface area (Å²) in [5, 5.41) is 16.9. The van der Waals surface area contributed by atoms with E-state index in [0.717, 1.165) is 22.0 Å². The van der Waals surface area contributed by atoms with Gasteiger partial charge in [0.2, 0.25) is 0 Å². The average molecular weight is 404 g/mol. The molecule has 1 aliphatic heterocycles. The predicted octanol–water partition coefficient (Wildman–Crippen LogP) is 4.14. The lowest BCUT2D eigenvalue weighted by Gasteiger charge is -2.45. The van der Waals surface area contributed by atoms with E-state index < -0.39 is 5.60 Å². The van der Waals surface area contributed by atoms with Gasteiger partial charge in [0.15, 0.2) is 0 Å². The van der Waals surface area contributed by atoms with Gasteiger partial charge >= 0.3 is 6.03 Å². The van der Waals surface area contributed by atoms with E-state index in [1.165, 1.54) is 0 Å². The van der Waals surface area contributed by atoms with Crippen molar-refractivity contribution < 1.29 is 9.90 Å². The Hall–Kier alpha value is -2.89. The fourth-order valence-electron chi connectivity index (χ4n) is 4.43. The molecule has 0 spiro atoms. The number of carbonyl (C=O) groups is 1. The molecule has 30 heavy (non-hydrogen) atoms. The van der Waals surface area contributed by atoms with Gasteiger partial charge in [-0.2, -0.15) is 0 Å². The molecule has 1 heterocycles. The third-order valence-electron chi connectivity index (χ3n) is 6.03. The fourth-order valence-corrected chi connectivity index (χ4v) is 4.43. The number of hydrogen-bond donors (Lipinski definition) is 2. The molecule has 1 aliphatic rings. The minimum Gasteiger partial charge on any atom is -0.385 e. The lowest BCUT2D eigenvalue weighted by atomic mass is 9.75. The number of hydrogen-bond acceptors (Lipinski definition) is 3. The van der Waals surface area contributed by atoms with Gasteiger partial charge in [-0.1, -0.05) is 60.7 Å². The third kappa shape index (κ3) is 4.18. The van der Waals surface area contributed by atoms with Crippen LogP contribution in [0.4, 0.5) is 10.5 Å². The summed E-state index contributed by atoms with van der Waals surface area (Å²) in [5.41, 5.74) is 0.767. The molecule has 0 saturated carbocycles. The number of nitrogens with zero attached hydrogens (tertiary/aromatic N) is 2. The largest absolute Gasteiger partial charge is 0.385 e. The molecule has 2 atom stereocenters. The maximum absolute atomic E-state index is 13.0. The molecule has 3 aromatic carbocycles. The molecule has 5 heteroatoms. The van der Waals surface area contributed by atoms with Gasteiger partial charge in [-0.05, 0) is 49.0 Å². The van der Waals surface area contributed by atoms with Gasteiger partial charge in [0.05, 0.1) is 5.60 Å². The highest BCUT2D eigenvalue weighted by atomic mass is 16.3. The molecule has 0 bridgehead atoms. The lowest BCUT2D eigenvalue weighted by Crippen LogP contribution is -2.55. The van der Waals surface area contributed by atoms with Crippen LogP contribution in [-0.4, -0.2) is 54.7 Å². The zero-order valence-electron chi connectivity index (χ0n) is 17.6. The average Bonchev–Trinajstić information content (AvgIpc) is 2.75. The Balaban J connectivity index is 1.51. The number of anilines is 1.